The summed E-state index contributed by atoms with van der Waals surface area (Å²) in [6.45, 7) is 11.0. The zero-order valence-electron chi connectivity index (χ0n) is 20.3. The van der Waals surface area contributed by atoms with Crippen molar-refractivity contribution in [1.29, 1.82) is 0 Å². The van der Waals surface area contributed by atoms with Crippen molar-refractivity contribution >= 4 is 28.4 Å². The molecule has 8 heteroatoms. The van der Waals surface area contributed by atoms with Gasteiger partial charge < -0.3 is 19.0 Å². The monoisotopic (exact) mass is 462 g/mol. The number of benzene rings is 1. The summed E-state index contributed by atoms with van der Waals surface area (Å²) in [5.74, 6) is 0.487. The number of rotatable bonds is 3. The van der Waals surface area contributed by atoms with Crippen molar-refractivity contribution in [3.63, 3.8) is 0 Å². The fourth-order valence-corrected chi connectivity index (χ4v) is 5.08. The van der Waals surface area contributed by atoms with E-state index < -0.39 is 11.4 Å². The number of carbonyl (C=O) groups excluding carboxylic acids is 1. The quantitative estimate of drug-likeness (QED) is 0.430. The molecule has 2 aliphatic heterocycles. The highest BCUT2D eigenvalue weighted by molar-refractivity contribution is 6.10. The second-order valence-corrected chi connectivity index (χ2v) is 9.97. The van der Waals surface area contributed by atoms with Crippen molar-refractivity contribution < 1.29 is 13.9 Å². The van der Waals surface area contributed by atoms with Gasteiger partial charge in [0.15, 0.2) is 0 Å². The van der Waals surface area contributed by atoms with E-state index in [1.807, 2.05) is 17.0 Å². The van der Waals surface area contributed by atoms with Crippen LogP contribution >= 0.6 is 0 Å². The van der Waals surface area contributed by atoms with E-state index >= 15 is 0 Å². The second kappa shape index (κ2) is 8.20. The fraction of sp³-hybridized carbons (Fsp3) is 0.462. The molecular formula is C26H30N4O4. The summed E-state index contributed by atoms with van der Waals surface area (Å²) >= 11 is 0. The first-order valence-corrected chi connectivity index (χ1v) is 11.7. The Hall–Kier alpha value is -3.26. The Labute approximate surface area is 198 Å². The van der Waals surface area contributed by atoms with Gasteiger partial charge in [-0.25, -0.2) is 14.8 Å². The third-order valence-electron chi connectivity index (χ3n) is 7.24. The van der Waals surface area contributed by atoms with Crippen LogP contribution in [0.25, 0.3) is 11.0 Å². The van der Waals surface area contributed by atoms with Crippen molar-refractivity contribution in [3.05, 3.63) is 57.2 Å². The molecule has 3 aromatic rings. The number of ketones is 1. The first kappa shape index (κ1) is 22.5. The minimum absolute atomic E-state index is 0.00120. The second-order valence-electron chi connectivity index (χ2n) is 9.97. The summed E-state index contributed by atoms with van der Waals surface area (Å²) in [6.07, 6.45) is 2.52. The van der Waals surface area contributed by atoms with Gasteiger partial charge in [-0.1, -0.05) is 6.92 Å². The largest absolute Gasteiger partial charge is 0.422 e. The van der Waals surface area contributed by atoms with Crippen LogP contribution in [0.1, 0.15) is 60.3 Å². The molecule has 0 aliphatic carbocycles. The molecule has 1 aromatic carbocycles. The molecule has 1 atom stereocenters. The number of ether oxygens (including phenoxy) is 1. The molecule has 0 amide bonds. The predicted octanol–water partition coefficient (Wildman–Crippen LogP) is 3.68. The molecule has 0 saturated carbocycles. The van der Waals surface area contributed by atoms with Crippen molar-refractivity contribution in [2.24, 2.45) is 0 Å². The SMILES string of the molecule is Cc1nc(N2CCOCC2)ncc1C(=O)c1cc2cc3c(cc2oc1=O)N(C)C(C)(C)CC3C. The van der Waals surface area contributed by atoms with Crippen LogP contribution in [-0.4, -0.2) is 54.6 Å². The topological polar surface area (TPSA) is 88.8 Å². The molecule has 2 aromatic heterocycles. The number of aryl methyl sites for hydroxylation is 1. The van der Waals surface area contributed by atoms with E-state index in [2.05, 4.69) is 42.7 Å². The Morgan fingerprint density at radius 1 is 1.15 bits per heavy atom. The molecule has 1 unspecified atom stereocenters. The third-order valence-corrected chi connectivity index (χ3v) is 7.24. The minimum atomic E-state index is -0.653. The number of nitrogens with zero attached hydrogens (tertiary/aromatic N) is 4. The van der Waals surface area contributed by atoms with Gasteiger partial charge in [-0.3, -0.25) is 4.79 Å². The van der Waals surface area contributed by atoms with E-state index in [0.717, 1.165) is 17.5 Å². The van der Waals surface area contributed by atoms with E-state index in [4.69, 9.17) is 9.15 Å². The highest BCUT2D eigenvalue weighted by Gasteiger charge is 2.34. The number of carbonyl (C=O) groups is 1. The predicted molar refractivity (Wildman–Crippen MR) is 131 cm³/mol. The van der Waals surface area contributed by atoms with Crippen LogP contribution in [0, 0.1) is 6.92 Å². The van der Waals surface area contributed by atoms with Crippen LogP contribution in [0.5, 0.6) is 0 Å². The summed E-state index contributed by atoms with van der Waals surface area (Å²) in [7, 11) is 2.07. The summed E-state index contributed by atoms with van der Waals surface area (Å²) in [6, 6.07) is 5.61. The zero-order valence-corrected chi connectivity index (χ0v) is 20.3. The number of anilines is 2. The highest BCUT2D eigenvalue weighted by Crippen LogP contribution is 2.43. The van der Waals surface area contributed by atoms with Gasteiger partial charge >= 0.3 is 5.63 Å². The molecule has 5 rings (SSSR count). The maximum Gasteiger partial charge on any atom is 0.347 e. The van der Waals surface area contributed by atoms with E-state index in [1.165, 1.54) is 11.8 Å². The standard InChI is InChI=1S/C26H30N4O4/c1-15-13-26(3,4)29(5)21-12-22-17(10-18(15)21)11-19(24(32)34-22)23(31)20-14-27-25(28-16(20)2)30-6-8-33-9-7-30/h10-12,14-15H,6-9,13H2,1-5H3. The third kappa shape index (κ3) is 3.76. The molecule has 34 heavy (non-hydrogen) atoms. The van der Waals surface area contributed by atoms with E-state index in [1.54, 1.807) is 13.0 Å². The molecule has 0 spiro atoms. The van der Waals surface area contributed by atoms with E-state index in [0.29, 0.717) is 55.0 Å². The summed E-state index contributed by atoms with van der Waals surface area (Å²) in [5.41, 5.74) is 2.90. The number of hydrogen-bond donors (Lipinski definition) is 0. The molecular weight excluding hydrogens is 432 g/mol. The molecule has 178 valence electrons. The average molecular weight is 463 g/mol. The fourth-order valence-electron chi connectivity index (χ4n) is 5.08. The molecule has 2 aliphatic rings. The van der Waals surface area contributed by atoms with Crippen molar-refractivity contribution in [3.8, 4) is 0 Å². The number of fused-ring (bicyclic) bond motifs is 2. The first-order chi connectivity index (χ1) is 16.2. The van der Waals surface area contributed by atoms with Crippen molar-refractivity contribution in [2.75, 3.05) is 43.2 Å². The normalized spacial score (nSPS) is 19.9. The Morgan fingerprint density at radius 2 is 1.88 bits per heavy atom. The number of hydrogen-bond acceptors (Lipinski definition) is 8. The smallest absolute Gasteiger partial charge is 0.347 e. The van der Waals surface area contributed by atoms with Gasteiger partial charge in [0, 0.05) is 49.0 Å². The van der Waals surface area contributed by atoms with E-state index in [-0.39, 0.29) is 11.1 Å². The lowest BCUT2D eigenvalue weighted by atomic mass is 9.80. The summed E-state index contributed by atoms with van der Waals surface area (Å²) < 4.78 is 11.0. The van der Waals surface area contributed by atoms with Gasteiger partial charge in [-0.2, -0.15) is 0 Å². The molecule has 1 saturated heterocycles. The van der Waals surface area contributed by atoms with Crippen LogP contribution in [0.2, 0.25) is 0 Å². The van der Waals surface area contributed by atoms with Gasteiger partial charge in [0.1, 0.15) is 11.1 Å². The van der Waals surface area contributed by atoms with Crippen molar-refractivity contribution in [2.45, 2.75) is 45.6 Å². The summed E-state index contributed by atoms with van der Waals surface area (Å²) in [4.78, 5) is 39.4. The Balaban J connectivity index is 1.53. The maximum absolute atomic E-state index is 13.3. The number of aromatic nitrogens is 2. The van der Waals surface area contributed by atoms with Gasteiger partial charge in [-0.15, -0.1) is 0 Å². The van der Waals surface area contributed by atoms with Gasteiger partial charge in [0.05, 0.1) is 24.5 Å². The minimum Gasteiger partial charge on any atom is -0.422 e. The van der Waals surface area contributed by atoms with Gasteiger partial charge in [-0.05, 0) is 50.8 Å². The Bertz CT molecular complexity index is 1340. The lowest BCUT2D eigenvalue weighted by molar-refractivity contribution is 0.103. The lowest BCUT2D eigenvalue weighted by Gasteiger charge is -2.45. The molecule has 0 N–H and O–H groups in total. The van der Waals surface area contributed by atoms with Crippen LogP contribution in [0.4, 0.5) is 11.6 Å². The van der Waals surface area contributed by atoms with Crippen LogP contribution < -0.4 is 15.4 Å². The lowest BCUT2D eigenvalue weighted by Crippen LogP contribution is -2.45. The molecule has 4 heterocycles. The Kier molecular flexibility index (Phi) is 5.43. The van der Waals surface area contributed by atoms with Crippen LogP contribution in [0.15, 0.2) is 33.6 Å². The average Bonchev–Trinajstić information content (AvgIpc) is 2.81. The first-order valence-electron chi connectivity index (χ1n) is 11.7. The zero-order chi connectivity index (χ0) is 24.2. The highest BCUT2D eigenvalue weighted by atomic mass is 16.5. The van der Waals surface area contributed by atoms with Gasteiger partial charge in [0.25, 0.3) is 0 Å². The summed E-state index contributed by atoms with van der Waals surface area (Å²) in [5, 5.41) is 0.741. The number of morpholine rings is 1. The molecule has 0 bridgehead atoms. The van der Waals surface area contributed by atoms with Crippen LogP contribution in [0.3, 0.4) is 0 Å². The molecule has 1 fully saturated rings. The Morgan fingerprint density at radius 3 is 2.59 bits per heavy atom. The van der Waals surface area contributed by atoms with Crippen LogP contribution in [-0.2, 0) is 4.74 Å². The molecule has 8 nitrogen and oxygen atoms in total. The van der Waals surface area contributed by atoms with Gasteiger partial charge in [0.2, 0.25) is 11.7 Å². The van der Waals surface area contributed by atoms with E-state index in [9.17, 15) is 9.59 Å². The molecule has 0 radical (unpaired) electrons. The maximum atomic E-state index is 13.3. The van der Waals surface area contributed by atoms with Crippen molar-refractivity contribution in [1.82, 2.24) is 9.97 Å².